The Kier molecular flexibility index (Phi) is 8.15. The lowest BCUT2D eigenvalue weighted by Gasteiger charge is -2.31. The smallest absolute Gasteiger partial charge is 0.203 e. The van der Waals surface area contributed by atoms with Gasteiger partial charge in [0.05, 0.1) is 6.10 Å². The second-order valence-electron chi connectivity index (χ2n) is 10.1. The third kappa shape index (κ3) is 6.53. The number of fused-ring (bicyclic) bond motifs is 1. The van der Waals surface area contributed by atoms with Crippen molar-refractivity contribution in [2.75, 3.05) is 0 Å². The second-order valence-corrected chi connectivity index (χ2v) is 10.1. The molecule has 206 valence electrons. The van der Waals surface area contributed by atoms with E-state index in [0.717, 1.165) is 33.6 Å². The molecule has 0 amide bonds. The SMILES string of the molecule is O[C@@H]1Cc2ccccc2O[C@H]1c1cc(OCc2ccccc2)c(OCc2ccccc2)c(OCc2ccccc2)c1. The number of aliphatic hydroxyl groups excluding tert-OH is 1. The van der Waals surface area contributed by atoms with Gasteiger partial charge >= 0.3 is 0 Å². The number of para-hydroxylation sites is 1. The maximum Gasteiger partial charge on any atom is 0.203 e. The molecule has 0 spiro atoms. The number of hydrogen-bond acceptors (Lipinski definition) is 5. The van der Waals surface area contributed by atoms with Gasteiger partial charge in [-0.25, -0.2) is 0 Å². The predicted molar refractivity (Wildman–Crippen MR) is 158 cm³/mol. The van der Waals surface area contributed by atoms with E-state index in [4.69, 9.17) is 18.9 Å². The summed E-state index contributed by atoms with van der Waals surface area (Å²) < 4.78 is 25.5. The van der Waals surface area contributed by atoms with E-state index in [1.54, 1.807) is 0 Å². The van der Waals surface area contributed by atoms with Crippen LogP contribution >= 0.6 is 0 Å². The minimum atomic E-state index is -0.732. The van der Waals surface area contributed by atoms with Gasteiger partial charge in [0.2, 0.25) is 5.75 Å². The summed E-state index contributed by atoms with van der Waals surface area (Å²) in [5.74, 6) is 2.33. The van der Waals surface area contributed by atoms with Gasteiger partial charge in [-0.2, -0.15) is 0 Å². The van der Waals surface area contributed by atoms with E-state index in [9.17, 15) is 5.11 Å². The highest BCUT2D eigenvalue weighted by atomic mass is 16.5. The molecule has 0 fully saturated rings. The van der Waals surface area contributed by atoms with Crippen molar-refractivity contribution in [3.63, 3.8) is 0 Å². The fourth-order valence-electron chi connectivity index (χ4n) is 4.94. The van der Waals surface area contributed by atoms with E-state index in [-0.39, 0.29) is 0 Å². The largest absolute Gasteiger partial charge is 0.485 e. The minimum Gasteiger partial charge on any atom is -0.485 e. The van der Waals surface area contributed by atoms with Gasteiger partial charge in [0, 0.05) is 12.0 Å². The highest BCUT2D eigenvalue weighted by Crippen LogP contribution is 2.44. The molecule has 1 aliphatic heterocycles. The molecule has 0 aromatic heterocycles. The number of ether oxygens (including phenoxy) is 4. The van der Waals surface area contributed by atoms with Crippen LogP contribution in [0.4, 0.5) is 0 Å². The molecule has 0 saturated carbocycles. The molecule has 5 nitrogen and oxygen atoms in total. The Labute approximate surface area is 240 Å². The Morgan fingerprint density at radius 3 is 1.59 bits per heavy atom. The molecule has 41 heavy (non-hydrogen) atoms. The van der Waals surface area contributed by atoms with Gasteiger partial charge in [-0.3, -0.25) is 0 Å². The fraction of sp³-hybridized carbons (Fsp3) is 0.167. The Morgan fingerprint density at radius 1 is 0.585 bits per heavy atom. The lowest BCUT2D eigenvalue weighted by atomic mass is 9.94. The van der Waals surface area contributed by atoms with E-state index in [1.807, 2.05) is 127 Å². The van der Waals surface area contributed by atoms with E-state index in [0.29, 0.717) is 43.5 Å². The first kappa shape index (κ1) is 26.5. The Bertz CT molecular complexity index is 1490. The van der Waals surface area contributed by atoms with Gasteiger partial charge in [-0.05, 0) is 40.5 Å². The first-order chi connectivity index (χ1) is 20.2. The van der Waals surface area contributed by atoms with Crippen molar-refractivity contribution in [1.29, 1.82) is 0 Å². The van der Waals surface area contributed by atoms with Crippen LogP contribution in [-0.2, 0) is 26.2 Å². The lowest BCUT2D eigenvalue weighted by Crippen LogP contribution is -2.30. The summed E-state index contributed by atoms with van der Waals surface area (Å²) in [5, 5.41) is 11.2. The van der Waals surface area contributed by atoms with E-state index < -0.39 is 12.2 Å². The summed E-state index contributed by atoms with van der Waals surface area (Å²) in [6.45, 7) is 1.04. The molecular weight excluding hydrogens is 512 g/mol. The summed E-state index contributed by atoms with van der Waals surface area (Å²) in [6, 6.07) is 41.6. The number of benzene rings is 5. The molecule has 0 bridgehead atoms. The van der Waals surface area contributed by atoms with Crippen LogP contribution in [0.5, 0.6) is 23.0 Å². The Morgan fingerprint density at radius 2 is 1.05 bits per heavy atom. The van der Waals surface area contributed by atoms with Crippen LogP contribution in [0.25, 0.3) is 0 Å². The van der Waals surface area contributed by atoms with E-state index in [1.165, 1.54) is 0 Å². The topological polar surface area (TPSA) is 57.2 Å². The fourth-order valence-corrected chi connectivity index (χ4v) is 4.94. The van der Waals surface area contributed by atoms with Gasteiger partial charge in [0.25, 0.3) is 0 Å². The molecular formula is C36H32O5. The zero-order valence-corrected chi connectivity index (χ0v) is 22.7. The van der Waals surface area contributed by atoms with Gasteiger partial charge in [-0.15, -0.1) is 0 Å². The van der Waals surface area contributed by atoms with Crippen molar-refractivity contribution in [2.24, 2.45) is 0 Å². The van der Waals surface area contributed by atoms with Crippen LogP contribution in [0.2, 0.25) is 0 Å². The predicted octanol–water partition coefficient (Wildman–Crippen LogP) is 7.46. The Balaban J connectivity index is 1.38. The standard InChI is InChI=1S/C36H32O5/c37-31-20-29-18-10-11-19-32(29)41-35(31)30-21-33(38-23-26-12-4-1-5-13-26)36(40-25-28-16-8-3-9-17-28)34(22-30)39-24-27-14-6-2-7-15-27/h1-19,21-22,31,35,37H,20,23-25H2/t31-,35+/m1/s1. The van der Waals surface area contributed by atoms with Crippen LogP contribution in [-0.4, -0.2) is 11.2 Å². The molecule has 0 radical (unpaired) electrons. The maximum atomic E-state index is 11.2. The molecule has 1 heterocycles. The average Bonchev–Trinajstić information content (AvgIpc) is 3.03. The van der Waals surface area contributed by atoms with Crippen molar-refractivity contribution in [2.45, 2.75) is 38.4 Å². The zero-order chi connectivity index (χ0) is 27.9. The summed E-state index contributed by atoms with van der Waals surface area (Å²) in [4.78, 5) is 0. The summed E-state index contributed by atoms with van der Waals surface area (Å²) >= 11 is 0. The van der Waals surface area contributed by atoms with E-state index in [2.05, 4.69) is 0 Å². The molecule has 0 unspecified atom stereocenters. The van der Waals surface area contributed by atoms with Crippen molar-refractivity contribution in [3.05, 3.63) is 155 Å². The van der Waals surface area contributed by atoms with Crippen molar-refractivity contribution >= 4 is 0 Å². The molecule has 1 N–H and O–H groups in total. The Hall–Kier alpha value is -4.74. The van der Waals surface area contributed by atoms with Gasteiger partial charge in [-0.1, -0.05) is 109 Å². The maximum absolute atomic E-state index is 11.2. The molecule has 2 atom stereocenters. The van der Waals surface area contributed by atoms with Crippen LogP contribution in [0.3, 0.4) is 0 Å². The summed E-state index contributed by atoms with van der Waals surface area (Å²) in [5.41, 5.74) is 4.83. The number of aliphatic hydroxyl groups is 1. The molecule has 6 rings (SSSR count). The third-order valence-electron chi connectivity index (χ3n) is 7.08. The van der Waals surface area contributed by atoms with Crippen molar-refractivity contribution in [1.82, 2.24) is 0 Å². The quantitative estimate of drug-likeness (QED) is 0.198. The molecule has 1 aliphatic rings. The first-order valence-corrected chi connectivity index (χ1v) is 13.8. The lowest BCUT2D eigenvalue weighted by molar-refractivity contribution is 0.0205. The molecule has 0 saturated heterocycles. The number of rotatable bonds is 10. The minimum absolute atomic E-state index is 0.347. The molecule has 5 heteroatoms. The third-order valence-corrected chi connectivity index (χ3v) is 7.08. The van der Waals surface area contributed by atoms with Crippen LogP contribution in [0.15, 0.2) is 127 Å². The van der Waals surface area contributed by atoms with Crippen molar-refractivity contribution < 1.29 is 24.1 Å². The summed E-state index contributed by atoms with van der Waals surface area (Å²) in [7, 11) is 0. The van der Waals surface area contributed by atoms with Crippen LogP contribution in [0.1, 0.15) is 33.9 Å². The first-order valence-electron chi connectivity index (χ1n) is 13.8. The highest BCUT2D eigenvalue weighted by molar-refractivity contribution is 5.55. The summed E-state index contributed by atoms with van der Waals surface area (Å²) in [6.07, 6.45) is -0.829. The van der Waals surface area contributed by atoms with Gasteiger partial charge in [0.1, 0.15) is 25.6 Å². The molecule has 5 aromatic carbocycles. The monoisotopic (exact) mass is 544 g/mol. The molecule has 0 aliphatic carbocycles. The van der Waals surface area contributed by atoms with Crippen LogP contribution in [0, 0.1) is 0 Å². The normalized spacial score (nSPS) is 15.8. The molecule has 5 aromatic rings. The highest BCUT2D eigenvalue weighted by Gasteiger charge is 2.32. The average molecular weight is 545 g/mol. The van der Waals surface area contributed by atoms with E-state index >= 15 is 0 Å². The van der Waals surface area contributed by atoms with Gasteiger partial charge in [0.15, 0.2) is 17.6 Å². The van der Waals surface area contributed by atoms with Gasteiger partial charge < -0.3 is 24.1 Å². The second kappa shape index (κ2) is 12.6. The zero-order valence-electron chi connectivity index (χ0n) is 22.7. The van der Waals surface area contributed by atoms with Crippen molar-refractivity contribution in [3.8, 4) is 23.0 Å². The van der Waals surface area contributed by atoms with Crippen LogP contribution < -0.4 is 18.9 Å². The number of hydrogen-bond donors (Lipinski definition) is 1.